The Bertz CT molecular complexity index is 388. The van der Waals surface area contributed by atoms with E-state index in [1.165, 1.54) is 5.56 Å². The van der Waals surface area contributed by atoms with Gasteiger partial charge < -0.3 is 10.6 Å². The van der Waals surface area contributed by atoms with Crippen molar-refractivity contribution in [2.24, 2.45) is 5.73 Å². The molecule has 3 heteroatoms. The molecule has 0 bridgehead atoms. The minimum atomic E-state index is -0.396. The van der Waals surface area contributed by atoms with E-state index >= 15 is 0 Å². The molecule has 1 saturated heterocycles. The molecule has 1 aliphatic rings. The molecular weight excluding hydrogens is 212 g/mol. The molecule has 3 atom stereocenters. The second-order valence-corrected chi connectivity index (χ2v) is 4.97. The summed E-state index contributed by atoms with van der Waals surface area (Å²) in [5.41, 5.74) is 6.99. The minimum Gasteiger partial charge on any atom is -0.338 e. The second-order valence-electron chi connectivity index (χ2n) is 4.97. The maximum absolute atomic E-state index is 11.9. The highest BCUT2D eigenvalue weighted by Gasteiger charge is 2.33. The van der Waals surface area contributed by atoms with Crippen molar-refractivity contribution in [3.63, 3.8) is 0 Å². The van der Waals surface area contributed by atoms with E-state index in [4.69, 9.17) is 5.73 Å². The van der Waals surface area contributed by atoms with E-state index in [1.807, 2.05) is 11.0 Å². The Hall–Kier alpha value is -1.35. The average Bonchev–Trinajstić information content (AvgIpc) is 2.71. The average molecular weight is 232 g/mol. The molecule has 17 heavy (non-hydrogen) atoms. The number of rotatable bonds is 2. The molecule has 0 aromatic heterocycles. The summed E-state index contributed by atoms with van der Waals surface area (Å²) in [6.07, 6.45) is 1.03. The molecule has 0 spiro atoms. The van der Waals surface area contributed by atoms with Gasteiger partial charge in [-0.1, -0.05) is 30.3 Å². The van der Waals surface area contributed by atoms with Crippen molar-refractivity contribution in [2.45, 2.75) is 38.3 Å². The number of hydrogen-bond donors (Lipinski definition) is 1. The molecular formula is C14H20N2O. The summed E-state index contributed by atoms with van der Waals surface area (Å²) in [5, 5.41) is 0. The van der Waals surface area contributed by atoms with Crippen LogP contribution in [0.1, 0.15) is 31.7 Å². The van der Waals surface area contributed by atoms with Crippen LogP contribution in [0.25, 0.3) is 0 Å². The molecule has 1 aromatic carbocycles. The number of likely N-dealkylation sites (tertiary alicyclic amines) is 1. The van der Waals surface area contributed by atoms with Gasteiger partial charge in [-0.25, -0.2) is 0 Å². The number of hydrogen-bond acceptors (Lipinski definition) is 2. The molecule has 1 aromatic rings. The van der Waals surface area contributed by atoms with Gasteiger partial charge in [0.15, 0.2) is 0 Å². The van der Waals surface area contributed by atoms with Crippen LogP contribution in [0.4, 0.5) is 0 Å². The highest BCUT2D eigenvalue weighted by molar-refractivity contribution is 5.81. The summed E-state index contributed by atoms with van der Waals surface area (Å²) in [4.78, 5) is 13.9. The summed E-state index contributed by atoms with van der Waals surface area (Å²) >= 11 is 0. The Balaban J connectivity index is 2.10. The van der Waals surface area contributed by atoms with Gasteiger partial charge in [-0.05, 0) is 25.8 Å². The quantitative estimate of drug-likeness (QED) is 0.844. The zero-order chi connectivity index (χ0) is 12.4. The summed E-state index contributed by atoms with van der Waals surface area (Å²) in [5.74, 6) is 0.518. The predicted octanol–water partition coefficient (Wildman–Crippen LogP) is 1.74. The van der Waals surface area contributed by atoms with Crippen LogP contribution in [0.2, 0.25) is 0 Å². The first kappa shape index (κ1) is 12.1. The van der Waals surface area contributed by atoms with E-state index in [9.17, 15) is 4.79 Å². The maximum atomic E-state index is 11.9. The van der Waals surface area contributed by atoms with Crippen LogP contribution in [-0.2, 0) is 4.79 Å². The Labute approximate surface area is 103 Å². The van der Waals surface area contributed by atoms with Gasteiger partial charge >= 0.3 is 0 Å². The molecule has 1 fully saturated rings. The minimum absolute atomic E-state index is 0.0657. The van der Waals surface area contributed by atoms with Crippen molar-refractivity contribution < 1.29 is 4.79 Å². The highest BCUT2D eigenvalue weighted by Crippen LogP contribution is 2.31. The number of amides is 1. The zero-order valence-electron chi connectivity index (χ0n) is 10.5. The van der Waals surface area contributed by atoms with E-state index in [2.05, 4.69) is 31.2 Å². The summed E-state index contributed by atoms with van der Waals surface area (Å²) in [6, 6.07) is 10.3. The van der Waals surface area contributed by atoms with Gasteiger partial charge in [0.05, 0.1) is 6.04 Å². The zero-order valence-corrected chi connectivity index (χ0v) is 10.5. The lowest BCUT2D eigenvalue weighted by atomic mass is 9.97. The van der Waals surface area contributed by atoms with Gasteiger partial charge in [-0.3, -0.25) is 4.79 Å². The summed E-state index contributed by atoms with van der Waals surface area (Å²) in [7, 11) is 0. The number of nitrogens with two attached hydrogens (primary N) is 1. The van der Waals surface area contributed by atoms with Gasteiger partial charge in [0.25, 0.3) is 0 Å². The molecule has 0 saturated carbocycles. The lowest BCUT2D eigenvalue weighted by molar-refractivity contribution is -0.132. The first-order chi connectivity index (χ1) is 8.09. The molecule has 0 radical (unpaired) electrons. The molecule has 0 aliphatic carbocycles. The van der Waals surface area contributed by atoms with Crippen molar-refractivity contribution in [3.8, 4) is 0 Å². The standard InChI is InChI=1S/C14H20N2O/c1-10-8-13(12-6-4-3-5-7-12)9-16(10)14(17)11(2)15/h3-7,10-11,13H,8-9,15H2,1-2H3/t10?,11-,13?/m1/s1. The molecule has 1 aliphatic heterocycles. The van der Waals surface area contributed by atoms with Gasteiger partial charge in [-0.15, -0.1) is 0 Å². The van der Waals surface area contributed by atoms with Gasteiger partial charge in [0.2, 0.25) is 5.91 Å². The third-order valence-corrected chi connectivity index (χ3v) is 3.52. The number of carbonyl (C=O) groups is 1. The molecule has 3 nitrogen and oxygen atoms in total. The van der Waals surface area contributed by atoms with Crippen molar-refractivity contribution >= 4 is 5.91 Å². The van der Waals surface area contributed by atoms with E-state index in [-0.39, 0.29) is 5.91 Å². The fourth-order valence-electron chi connectivity index (χ4n) is 2.57. The van der Waals surface area contributed by atoms with Gasteiger partial charge in [0, 0.05) is 18.5 Å². The maximum Gasteiger partial charge on any atom is 0.239 e. The molecule has 1 amide bonds. The van der Waals surface area contributed by atoms with Crippen molar-refractivity contribution in [1.82, 2.24) is 4.90 Å². The van der Waals surface area contributed by atoms with Gasteiger partial charge in [0.1, 0.15) is 0 Å². The summed E-state index contributed by atoms with van der Waals surface area (Å²) < 4.78 is 0. The Kier molecular flexibility index (Phi) is 3.48. The number of benzene rings is 1. The molecule has 2 unspecified atom stereocenters. The SMILES string of the molecule is CC1CC(c2ccccc2)CN1C(=O)[C@@H](C)N. The number of nitrogens with zero attached hydrogens (tertiary/aromatic N) is 1. The van der Waals surface area contributed by atoms with Gasteiger partial charge in [-0.2, -0.15) is 0 Å². The Morgan fingerprint density at radius 1 is 1.41 bits per heavy atom. The Morgan fingerprint density at radius 3 is 2.65 bits per heavy atom. The van der Waals surface area contributed by atoms with Crippen LogP contribution in [0.15, 0.2) is 30.3 Å². The van der Waals surface area contributed by atoms with Crippen LogP contribution >= 0.6 is 0 Å². The topological polar surface area (TPSA) is 46.3 Å². The van der Waals surface area contributed by atoms with E-state index < -0.39 is 6.04 Å². The fourth-order valence-corrected chi connectivity index (χ4v) is 2.57. The lowest BCUT2D eigenvalue weighted by Crippen LogP contribution is -2.43. The van der Waals surface area contributed by atoms with E-state index in [0.29, 0.717) is 12.0 Å². The van der Waals surface area contributed by atoms with Crippen LogP contribution in [0, 0.1) is 0 Å². The third-order valence-electron chi connectivity index (χ3n) is 3.52. The van der Waals surface area contributed by atoms with Crippen molar-refractivity contribution in [3.05, 3.63) is 35.9 Å². The van der Waals surface area contributed by atoms with E-state index in [1.54, 1.807) is 6.92 Å². The monoisotopic (exact) mass is 232 g/mol. The molecule has 1 heterocycles. The lowest BCUT2D eigenvalue weighted by Gasteiger charge is -2.23. The van der Waals surface area contributed by atoms with Crippen LogP contribution in [0.3, 0.4) is 0 Å². The predicted molar refractivity (Wildman–Crippen MR) is 68.6 cm³/mol. The third kappa shape index (κ3) is 2.50. The second kappa shape index (κ2) is 4.88. The normalized spacial score (nSPS) is 25.9. The van der Waals surface area contributed by atoms with Crippen LogP contribution in [0.5, 0.6) is 0 Å². The largest absolute Gasteiger partial charge is 0.338 e. The first-order valence-corrected chi connectivity index (χ1v) is 6.20. The van der Waals surface area contributed by atoms with Crippen LogP contribution in [-0.4, -0.2) is 29.4 Å². The molecule has 2 rings (SSSR count). The first-order valence-electron chi connectivity index (χ1n) is 6.20. The van der Waals surface area contributed by atoms with Crippen molar-refractivity contribution in [2.75, 3.05) is 6.54 Å². The smallest absolute Gasteiger partial charge is 0.239 e. The highest BCUT2D eigenvalue weighted by atomic mass is 16.2. The van der Waals surface area contributed by atoms with E-state index in [0.717, 1.165) is 13.0 Å². The molecule has 2 N–H and O–H groups in total. The Morgan fingerprint density at radius 2 is 2.06 bits per heavy atom. The molecule has 92 valence electrons. The number of carbonyl (C=O) groups excluding carboxylic acids is 1. The van der Waals surface area contributed by atoms with Crippen molar-refractivity contribution in [1.29, 1.82) is 0 Å². The fraction of sp³-hybridized carbons (Fsp3) is 0.500. The summed E-state index contributed by atoms with van der Waals surface area (Å²) in [6.45, 7) is 4.65. The van der Waals surface area contributed by atoms with Crippen LogP contribution < -0.4 is 5.73 Å².